The summed E-state index contributed by atoms with van der Waals surface area (Å²) in [6.45, 7) is 4.14. The van der Waals surface area contributed by atoms with Gasteiger partial charge in [-0.1, -0.05) is 0 Å². The highest BCUT2D eigenvalue weighted by atomic mass is 19.1. The van der Waals surface area contributed by atoms with Crippen LogP contribution in [-0.4, -0.2) is 31.2 Å². The summed E-state index contributed by atoms with van der Waals surface area (Å²) < 4.78 is 20.5. The lowest BCUT2D eigenvalue weighted by atomic mass is 10.1. The molecular formula is C22H21FN6O2. The van der Waals surface area contributed by atoms with Crippen molar-refractivity contribution in [1.29, 1.82) is 0 Å². The van der Waals surface area contributed by atoms with E-state index >= 15 is 0 Å². The van der Waals surface area contributed by atoms with E-state index in [1.807, 2.05) is 0 Å². The molecule has 2 N–H and O–H groups in total. The number of aryl methyl sites for hydroxylation is 1. The Morgan fingerprint density at radius 1 is 1.26 bits per heavy atom. The van der Waals surface area contributed by atoms with E-state index in [9.17, 15) is 9.18 Å². The van der Waals surface area contributed by atoms with Crippen LogP contribution in [0.25, 0.3) is 16.8 Å². The molecule has 0 atom stereocenters. The first-order valence-electron chi connectivity index (χ1n) is 10.0. The van der Waals surface area contributed by atoms with Crippen molar-refractivity contribution in [2.45, 2.75) is 38.8 Å². The first kappa shape index (κ1) is 19.2. The van der Waals surface area contributed by atoms with Gasteiger partial charge in [-0.05, 0) is 51.0 Å². The molecule has 0 radical (unpaired) electrons. The van der Waals surface area contributed by atoms with Crippen LogP contribution in [0.15, 0.2) is 47.4 Å². The van der Waals surface area contributed by atoms with Crippen molar-refractivity contribution in [3.63, 3.8) is 0 Å². The summed E-state index contributed by atoms with van der Waals surface area (Å²) in [4.78, 5) is 21.6. The summed E-state index contributed by atoms with van der Waals surface area (Å²) in [7, 11) is 0. The lowest BCUT2D eigenvalue weighted by molar-refractivity contribution is 0.0951. The number of aromatic nitrogens is 4. The zero-order valence-electron chi connectivity index (χ0n) is 17.1. The number of anilines is 1. The molecule has 3 heterocycles. The third kappa shape index (κ3) is 3.74. The first-order valence-corrected chi connectivity index (χ1v) is 10.0. The summed E-state index contributed by atoms with van der Waals surface area (Å²) in [5.74, 6) is 0.513. The Bertz CT molecular complexity index is 1270. The van der Waals surface area contributed by atoms with Gasteiger partial charge in [-0.25, -0.2) is 19.0 Å². The van der Waals surface area contributed by atoms with Gasteiger partial charge >= 0.3 is 0 Å². The Balaban J connectivity index is 1.36. The topological polar surface area (TPSA) is 97.9 Å². The largest absolute Gasteiger partial charge is 0.442 e. The lowest BCUT2D eigenvalue weighted by Gasteiger charge is -2.13. The Morgan fingerprint density at radius 2 is 2.03 bits per heavy atom. The highest BCUT2D eigenvalue weighted by molar-refractivity contribution is 6.10. The third-order valence-corrected chi connectivity index (χ3v) is 5.49. The summed E-state index contributed by atoms with van der Waals surface area (Å²) in [5.41, 5.74) is 2.34. The summed E-state index contributed by atoms with van der Waals surface area (Å²) in [6, 6.07) is 6.03. The van der Waals surface area contributed by atoms with Crippen LogP contribution < -0.4 is 10.6 Å². The van der Waals surface area contributed by atoms with E-state index in [4.69, 9.17) is 4.42 Å². The predicted molar refractivity (Wildman–Crippen MR) is 112 cm³/mol. The molecule has 1 aliphatic rings. The van der Waals surface area contributed by atoms with Crippen LogP contribution >= 0.6 is 0 Å². The molecule has 0 aliphatic heterocycles. The maximum atomic E-state index is 13.1. The number of amides is 1. The van der Waals surface area contributed by atoms with Crippen molar-refractivity contribution in [2.75, 3.05) is 5.32 Å². The van der Waals surface area contributed by atoms with Gasteiger partial charge in [0.1, 0.15) is 23.7 Å². The van der Waals surface area contributed by atoms with Gasteiger partial charge in [-0.3, -0.25) is 4.79 Å². The molecule has 3 aromatic heterocycles. The second-order valence-corrected chi connectivity index (χ2v) is 8.07. The summed E-state index contributed by atoms with van der Waals surface area (Å²) in [6.07, 6.45) is 6.99. The molecule has 158 valence electrons. The van der Waals surface area contributed by atoms with Crippen LogP contribution in [0.5, 0.6) is 0 Å². The number of halogens is 1. The average Bonchev–Trinajstić information content (AvgIpc) is 3.14. The standard InChI is InChI=1S/C22H21FN6O2/c1-13-17(18-19(28-22(2)7-8-22)25-12-26-21(18)31-13)20(30)24-9-14-10-27-29(11-14)16-5-3-15(23)4-6-16/h3-6,10-12H,7-9H2,1-2H3,(H,24,30)(H,25,26,28). The number of benzene rings is 1. The van der Waals surface area contributed by atoms with Crippen molar-refractivity contribution < 1.29 is 13.6 Å². The van der Waals surface area contributed by atoms with E-state index < -0.39 is 0 Å². The summed E-state index contributed by atoms with van der Waals surface area (Å²) >= 11 is 0. The number of nitrogens with zero attached hydrogens (tertiary/aromatic N) is 4. The molecule has 1 aromatic carbocycles. The van der Waals surface area contributed by atoms with Crippen LogP contribution in [0.1, 0.15) is 41.4 Å². The fourth-order valence-electron chi connectivity index (χ4n) is 3.47. The molecule has 1 fully saturated rings. The monoisotopic (exact) mass is 420 g/mol. The third-order valence-electron chi connectivity index (χ3n) is 5.49. The molecule has 1 aliphatic carbocycles. The molecular weight excluding hydrogens is 399 g/mol. The average molecular weight is 420 g/mol. The van der Waals surface area contributed by atoms with E-state index in [-0.39, 0.29) is 23.8 Å². The van der Waals surface area contributed by atoms with Crippen molar-refractivity contribution >= 4 is 22.8 Å². The van der Waals surface area contributed by atoms with Gasteiger partial charge < -0.3 is 15.1 Å². The van der Waals surface area contributed by atoms with Gasteiger partial charge in [0.25, 0.3) is 5.91 Å². The minimum atomic E-state index is -0.306. The summed E-state index contributed by atoms with van der Waals surface area (Å²) in [5, 5.41) is 11.2. The SMILES string of the molecule is Cc1oc2ncnc(NC3(C)CC3)c2c1C(=O)NCc1cnn(-c2ccc(F)cc2)c1. The highest BCUT2D eigenvalue weighted by Crippen LogP contribution is 2.40. The molecule has 1 amide bonds. The maximum Gasteiger partial charge on any atom is 0.255 e. The smallest absolute Gasteiger partial charge is 0.255 e. The van der Waals surface area contributed by atoms with Gasteiger partial charge in [0.15, 0.2) is 0 Å². The minimum absolute atomic E-state index is 0.00482. The molecule has 1 saturated carbocycles. The Kier molecular flexibility index (Phi) is 4.46. The Labute approximate surface area is 177 Å². The minimum Gasteiger partial charge on any atom is -0.442 e. The Hall–Kier alpha value is -3.75. The maximum absolute atomic E-state index is 13.1. The lowest BCUT2D eigenvalue weighted by Crippen LogP contribution is -2.24. The van der Waals surface area contributed by atoms with Gasteiger partial charge in [0.2, 0.25) is 5.71 Å². The first-order chi connectivity index (χ1) is 14.9. The fraction of sp³-hybridized carbons (Fsp3) is 0.273. The van der Waals surface area contributed by atoms with Crippen LogP contribution in [0, 0.1) is 12.7 Å². The van der Waals surface area contributed by atoms with Crippen LogP contribution in [-0.2, 0) is 6.54 Å². The van der Waals surface area contributed by atoms with Gasteiger partial charge in [0, 0.05) is 23.8 Å². The quantitative estimate of drug-likeness (QED) is 0.493. The predicted octanol–water partition coefficient (Wildman–Crippen LogP) is 3.75. The van der Waals surface area contributed by atoms with E-state index in [0.717, 1.165) is 24.1 Å². The number of nitrogens with one attached hydrogen (secondary N) is 2. The van der Waals surface area contributed by atoms with Gasteiger partial charge in [-0.2, -0.15) is 5.10 Å². The number of fused-ring (bicyclic) bond motifs is 1. The molecule has 8 nitrogen and oxygen atoms in total. The van der Waals surface area contributed by atoms with E-state index in [1.165, 1.54) is 18.5 Å². The van der Waals surface area contributed by atoms with E-state index in [1.54, 1.807) is 36.1 Å². The van der Waals surface area contributed by atoms with E-state index in [2.05, 4.69) is 32.6 Å². The number of carbonyl (C=O) groups is 1. The van der Waals surface area contributed by atoms with Gasteiger partial charge in [-0.15, -0.1) is 0 Å². The second kappa shape index (κ2) is 7.19. The number of hydrogen-bond donors (Lipinski definition) is 2. The second-order valence-electron chi connectivity index (χ2n) is 8.07. The Morgan fingerprint density at radius 3 is 2.77 bits per heavy atom. The molecule has 31 heavy (non-hydrogen) atoms. The molecule has 9 heteroatoms. The fourth-order valence-corrected chi connectivity index (χ4v) is 3.47. The van der Waals surface area contributed by atoms with Crippen LogP contribution in [0.3, 0.4) is 0 Å². The highest BCUT2D eigenvalue weighted by Gasteiger charge is 2.38. The van der Waals surface area contributed by atoms with Crippen molar-refractivity contribution in [2.24, 2.45) is 0 Å². The number of hydrogen-bond acceptors (Lipinski definition) is 6. The zero-order chi connectivity index (χ0) is 21.6. The van der Waals surface area contributed by atoms with Gasteiger partial charge in [0.05, 0.1) is 22.8 Å². The number of furan rings is 1. The van der Waals surface area contributed by atoms with Crippen LogP contribution in [0.4, 0.5) is 10.2 Å². The molecule has 0 unspecified atom stereocenters. The molecule has 5 rings (SSSR count). The van der Waals surface area contributed by atoms with Crippen molar-refractivity contribution in [3.05, 3.63) is 65.7 Å². The van der Waals surface area contributed by atoms with Crippen molar-refractivity contribution in [1.82, 2.24) is 25.1 Å². The van der Waals surface area contributed by atoms with Crippen molar-refractivity contribution in [3.8, 4) is 5.69 Å². The normalized spacial score (nSPS) is 14.5. The number of carbonyl (C=O) groups excluding carboxylic acids is 1. The molecule has 4 aromatic rings. The molecule has 0 saturated heterocycles. The molecule has 0 spiro atoms. The molecule has 0 bridgehead atoms. The zero-order valence-corrected chi connectivity index (χ0v) is 17.1. The van der Waals surface area contributed by atoms with E-state index in [0.29, 0.717) is 28.2 Å². The number of rotatable bonds is 6. The van der Waals surface area contributed by atoms with Crippen LogP contribution in [0.2, 0.25) is 0 Å².